The number of rotatable bonds is 4. The maximum Gasteiger partial charge on any atom is 0.253 e. The molecule has 31 heavy (non-hydrogen) atoms. The number of amides is 1. The Morgan fingerprint density at radius 2 is 1.84 bits per heavy atom. The van der Waals surface area contributed by atoms with Gasteiger partial charge in [0, 0.05) is 41.3 Å². The maximum absolute atomic E-state index is 12.7. The number of benzene rings is 2. The number of anilines is 1. The van der Waals surface area contributed by atoms with Crippen LogP contribution in [0.1, 0.15) is 21.7 Å². The molecule has 0 unspecified atom stereocenters. The number of carbonyl (C=O) groups is 1. The molecule has 0 atom stereocenters. The SMILES string of the molecule is Cc1nc2c(-c3cc4cc(CN(C)C(=O)c5ccccc5)ccc4[nH]3)cc(N)nc2[nH]1. The van der Waals surface area contributed by atoms with Gasteiger partial charge >= 0.3 is 0 Å². The number of carbonyl (C=O) groups excluding carboxylic acids is 1. The number of hydrogen-bond acceptors (Lipinski definition) is 4. The third-order valence-electron chi connectivity index (χ3n) is 5.35. The van der Waals surface area contributed by atoms with Crippen LogP contribution in [-0.2, 0) is 6.54 Å². The Morgan fingerprint density at radius 3 is 2.65 bits per heavy atom. The second kappa shape index (κ2) is 7.28. The predicted molar refractivity (Wildman–Crippen MR) is 123 cm³/mol. The molecular formula is C24H22N6O. The van der Waals surface area contributed by atoms with E-state index < -0.39 is 0 Å². The van der Waals surface area contributed by atoms with Gasteiger partial charge in [-0.05, 0) is 48.9 Å². The first-order valence-electron chi connectivity index (χ1n) is 10.0. The predicted octanol–water partition coefficient (Wildman–Crippen LogP) is 4.27. The fourth-order valence-corrected chi connectivity index (χ4v) is 3.90. The zero-order valence-electron chi connectivity index (χ0n) is 17.3. The van der Waals surface area contributed by atoms with Crippen LogP contribution < -0.4 is 5.73 Å². The average Bonchev–Trinajstić information content (AvgIpc) is 3.35. The molecule has 0 aliphatic heterocycles. The Kier molecular flexibility index (Phi) is 4.43. The van der Waals surface area contributed by atoms with Gasteiger partial charge in [-0.2, -0.15) is 0 Å². The van der Waals surface area contributed by atoms with E-state index in [1.54, 1.807) is 4.90 Å². The van der Waals surface area contributed by atoms with Gasteiger partial charge in [-0.3, -0.25) is 4.79 Å². The minimum atomic E-state index is -0.000917. The highest BCUT2D eigenvalue weighted by atomic mass is 16.2. The van der Waals surface area contributed by atoms with E-state index in [4.69, 9.17) is 5.73 Å². The van der Waals surface area contributed by atoms with Gasteiger partial charge < -0.3 is 20.6 Å². The van der Waals surface area contributed by atoms with Crippen LogP contribution in [-0.4, -0.2) is 37.8 Å². The Labute approximate surface area is 178 Å². The van der Waals surface area contributed by atoms with E-state index in [-0.39, 0.29) is 5.91 Å². The third-order valence-corrected chi connectivity index (χ3v) is 5.35. The topological polar surface area (TPSA) is 104 Å². The average molecular weight is 410 g/mol. The summed E-state index contributed by atoms with van der Waals surface area (Å²) in [5.41, 5.74) is 12.0. The van der Waals surface area contributed by atoms with E-state index in [0.717, 1.165) is 39.1 Å². The molecule has 0 aliphatic rings. The molecule has 7 heteroatoms. The van der Waals surface area contributed by atoms with Gasteiger partial charge in [0.25, 0.3) is 5.91 Å². The van der Waals surface area contributed by atoms with Crippen molar-refractivity contribution in [3.63, 3.8) is 0 Å². The van der Waals surface area contributed by atoms with E-state index in [9.17, 15) is 4.79 Å². The number of aryl methyl sites for hydroxylation is 1. The fourth-order valence-electron chi connectivity index (χ4n) is 3.90. The first-order chi connectivity index (χ1) is 15.0. The van der Waals surface area contributed by atoms with Crippen LogP contribution in [0.15, 0.2) is 60.7 Å². The summed E-state index contributed by atoms with van der Waals surface area (Å²) in [7, 11) is 1.82. The highest BCUT2D eigenvalue weighted by Crippen LogP contribution is 2.30. The molecule has 0 radical (unpaired) electrons. The van der Waals surface area contributed by atoms with Crippen molar-refractivity contribution < 1.29 is 4.79 Å². The molecule has 4 N–H and O–H groups in total. The lowest BCUT2D eigenvalue weighted by Crippen LogP contribution is -2.26. The number of fused-ring (bicyclic) bond motifs is 2. The smallest absolute Gasteiger partial charge is 0.253 e. The number of hydrogen-bond donors (Lipinski definition) is 3. The van der Waals surface area contributed by atoms with Gasteiger partial charge in [0.05, 0.1) is 0 Å². The lowest BCUT2D eigenvalue weighted by molar-refractivity contribution is 0.0785. The molecule has 0 saturated heterocycles. The van der Waals surface area contributed by atoms with Crippen molar-refractivity contribution in [3.8, 4) is 11.3 Å². The van der Waals surface area contributed by atoms with Crippen LogP contribution in [0, 0.1) is 6.92 Å². The summed E-state index contributed by atoms with van der Waals surface area (Å²) in [4.78, 5) is 29.9. The van der Waals surface area contributed by atoms with Crippen molar-refractivity contribution in [3.05, 3.63) is 77.6 Å². The van der Waals surface area contributed by atoms with Crippen LogP contribution in [0.3, 0.4) is 0 Å². The van der Waals surface area contributed by atoms with Crippen molar-refractivity contribution in [1.29, 1.82) is 0 Å². The molecule has 154 valence electrons. The summed E-state index contributed by atoms with van der Waals surface area (Å²) in [5, 5.41) is 1.06. The zero-order valence-corrected chi connectivity index (χ0v) is 17.3. The number of nitrogens with one attached hydrogen (secondary N) is 2. The van der Waals surface area contributed by atoms with E-state index >= 15 is 0 Å². The number of imidazole rings is 1. The van der Waals surface area contributed by atoms with Gasteiger partial charge in [0.2, 0.25) is 0 Å². The highest BCUT2D eigenvalue weighted by Gasteiger charge is 2.15. The summed E-state index contributed by atoms with van der Waals surface area (Å²) >= 11 is 0. The first kappa shape index (κ1) is 18.9. The largest absolute Gasteiger partial charge is 0.384 e. The normalized spacial score (nSPS) is 11.3. The summed E-state index contributed by atoms with van der Waals surface area (Å²) in [6.07, 6.45) is 0. The molecule has 0 aliphatic carbocycles. The molecule has 0 bridgehead atoms. The number of H-pyrrole nitrogens is 2. The fraction of sp³-hybridized carbons (Fsp3) is 0.125. The molecule has 3 aromatic heterocycles. The Hall–Kier alpha value is -4.13. The number of nitrogens with two attached hydrogens (primary N) is 1. The van der Waals surface area contributed by atoms with E-state index in [0.29, 0.717) is 23.6 Å². The van der Waals surface area contributed by atoms with Gasteiger partial charge in [0.1, 0.15) is 17.2 Å². The van der Waals surface area contributed by atoms with Gasteiger partial charge in [-0.1, -0.05) is 24.3 Å². The van der Waals surface area contributed by atoms with E-state index in [1.165, 1.54) is 0 Å². The van der Waals surface area contributed by atoms with Crippen molar-refractivity contribution in [2.45, 2.75) is 13.5 Å². The van der Waals surface area contributed by atoms with Crippen molar-refractivity contribution >= 4 is 33.8 Å². The lowest BCUT2D eigenvalue weighted by atomic mass is 10.1. The van der Waals surface area contributed by atoms with E-state index in [1.807, 2.05) is 62.5 Å². The summed E-state index contributed by atoms with van der Waals surface area (Å²) in [6.45, 7) is 2.42. The molecule has 5 rings (SSSR count). The van der Waals surface area contributed by atoms with Crippen LogP contribution in [0.25, 0.3) is 33.3 Å². The molecule has 3 heterocycles. The third kappa shape index (κ3) is 3.50. The van der Waals surface area contributed by atoms with Gasteiger partial charge in [-0.15, -0.1) is 0 Å². The molecule has 7 nitrogen and oxygen atoms in total. The second-order valence-corrected chi connectivity index (χ2v) is 7.75. The number of aromatic nitrogens is 4. The van der Waals surface area contributed by atoms with Crippen LogP contribution in [0.2, 0.25) is 0 Å². The first-order valence-corrected chi connectivity index (χ1v) is 10.0. The number of nitrogens with zero attached hydrogens (tertiary/aromatic N) is 3. The molecule has 0 spiro atoms. The van der Waals surface area contributed by atoms with Crippen molar-refractivity contribution in [1.82, 2.24) is 24.8 Å². The second-order valence-electron chi connectivity index (χ2n) is 7.75. The molecule has 5 aromatic rings. The molecule has 0 saturated carbocycles. The summed E-state index contributed by atoms with van der Waals surface area (Å²) in [5.74, 6) is 1.23. The number of pyridine rings is 1. The van der Waals surface area contributed by atoms with Crippen LogP contribution in [0.5, 0.6) is 0 Å². The zero-order chi connectivity index (χ0) is 21.5. The Morgan fingerprint density at radius 1 is 1.03 bits per heavy atom. The number of nitrogen functional groups attached to an aromatic ring is 1. The monoisotopic (exact) mass is 410 g/mol. The van der Waals surface area contributed by atoms with Crippen LogP contribution in [0.4, 0.5) is 5.82 Å². The minimum Gasteiger partial charge on any atom is -0.384 e. The maximum atomic E-state index is 12.7. The van der Waals surface area contributed by atoms with Gasteiger partial charge in [0.15, 0.2) is 5.65 Å². The summed E-state index contributed by atoms with van der Waals surface area (Å²) in [6, 6.07) is 19.4. The van der Waals surface area contributed by atoms with Crippen molar-refractivity contribution in [2.75, 3.05) is 12.8 Å². The van der Waals surface area contributed by atoms with Crippen molar-refractivity contribution in [2.24, 2.45) is 0 Å². The number of aromatic amines is 2. The van der Waals surface area contributed by atoms with Gasteiger partial charge in [-0.25, -0.2) is 9.97 Å². The summed E-state index contributed by atoms with van der Waals surface area (Å²) < 4.78 is 0. The quantitative estimate of drug-likeness (QED) is 0.412. The molecular weight excluding hydrogens is 388 g/mol. The van der Waals surface area contributed by atoms with E-state index in [2.05, 4.69) is 32.1 Å². The molecule has 1 amide bonds. The standard InChI is InChI=1S/C24H22N6O/c1-14-26-22-18(12-21(25)29-23(22)27-14)20-11-17-10-15(8-9-19(17)28-20)13-30(2)24(31)16-6-4-3-5-7-16/h3-12,28H,13H2,1-2H3,(H3,25,26,27,29). The molecule has 2 aromatic carbocycles. The molecule has 0 fully saturated rings. The highest BCUT2D eigenvalue weighted by molar-refractivity contribution is 5.96. The Balaban J connectivity index is 1.47. The minimum absolute atomic E-state index is 0.000917. The Bertz CT molecular complexity index is 1420. The lowest BCUT2D eigenvalue weighted by Gasteiger charge is -2.17. The van der Waals surface area contributed by atoms with Crippen LogP contribution >= 0.6 is 0 Å².